The first kappa shape index (κ1) is 25.4. The molecule has 0 radical (unpaired) electrons. The molecule has 10 nitrogen and oxygen atoms in total. The molecule has 0 saturated carbocycles. The number of benzene rings is 1. The fourth-order valence-corrected chi connectivity index (χ4v) is 2.72. The van der Waals surface area contributed by atoms with Crippen molar-refractivity contribution in [1.29, 1.82) is 0 Å². The minimum absolute atomic E-state index is 0.0515. The minimum Gasteiger partial charge on any atom is -0.480 e. The number of thiol groups is 1. The van der Waals surface area contributed by atoms with E-state index in [-0.39, 0.29) is 12.2 Å². The predicted octanol–water partition coefficient (Wildman–Crippen LogP) is -1.57. The number of carbonyl (C=O) groups is 4. The van der Waals surface area contributed by atoms with Gasteiger partial charge >= 0.3 is 5.97 Å². The third-order valence-corrected chi connectivity index (χ3v) is 4.55. The van der Waals surface area contributed by atoms with Crippen LogP contribution in [0.2, 0.25) is 0 Å². The topological polar surface area (TPSA) is 171 Å². The number of hydrogen-bond donors (Lipinski definition) is 7. The number of amides is 3. The highest BCUT2D eigenvalue weighted by atomic mass is 32.1. The number of aliphatic hydroxyl groups is 1. The van der Waals surface area contributed by atoms with Crippen molar-refractivity contribution in [2.75, 3.05) is 5.75 Å². The molecule has 11 heteroatoms. The number of hydrogen-bond acceptors (Lipinski definition) is 7. The molecule has 0 aromatic heterocycles. The molecule has 0 aliphatic carbocycles. The molecule has 5 unspecified atom stereocenters. The van der Waals surface area contributed by atoms with E-state index in [4.69, 9.17) is 5.73 Å². The Bertz CT molecular complexity index is 744. The van der Waals surface area contributed by atoms with E-state index in [2.05, 4.69) is 28.6 Å². The molecule has 0 bridgehead atoms. The molecular weight excluding hydrogens is 412 g/mol. The number of rotatable bonds is 11. The second kappa shape index (κ2) is 12.2. The van der Waals surface area contributed by atoms with Crippen molar-refractivity contribution in [2.24, 2.45) is 5.73 Å². The number of carboxylic acids is 1. The summed E-state index contributed by atoms with van der Waals surface area (Å²) in [5, 5.41) is 26.3. The van der Waals surface area contributed by atoms with Gasteiger partial charge in [0.1, 0.15) is 18.1 Å². The smallest absolute Gasteiger partial charge is 0.326 e. The van der Waals surface area contributed by atoms with Crippen molar-refractivity contribution in [3.63, 3.8) is 0 Å². The number of aliphatic carboxylic acids is 1. The summed E-state index contributed by atoms with van der Waals surface area (Å²) in [6.07, 6.45) is -1.21. The van der Waals surface area contributed by atoms with Crippen molar-refractivity contribution in [1.82, 2.24) is 16.0 Å². The van der Waals surface area contributed by atoms with Gasteiger partial charge in [-0.3, -0.25) is 14.4 Å². The lowest BCUT2D eigenvalue weighted by Crippen LogP contribution is -2.60. The van der Waals surface area contributed by atoms with E-state index < -0.39 is 54.0 Å². The van der Waals surface area contributed by atoms with Crippen LogP contribution < -0.4 is 21.7 Å². The minimum atomic E-state index is -1.35. The van der Waals surface area contributed by atoms with Gasteiger partial charge in [0.2, 0.25) is 17.7 Å². The lowest BCUT2D eigenvalue weighted by Gasteiger charge is -2.25. The molecular formula is C19H28N4O6S. The van der Waals surface area contributed by atoms with Gasteiger partial charge in [-0.05, 0) is 19.4 Å². The van der Waals surface area contributed by atoms with Crippen molar-refractivity contribution >= 4 is 36.3 Å². The Morgan fingerprint density at radius 1 is 0.967 bits per heavy atom. The summed E-state index contributed by atoms with van der Waals surface area (Å²) in [5.74, 6) is -3.62. The molecule has 7 N–H and O–H groups in total. The van der Waals surface area contributed by atoms with Crippen LogP contribution in [0.5, 0.6) is 0 Å². The Kier molecular flexibility index (Phi) is 10.3. The first-order valence-electron chi connectivity index (χ1n) is 9.29. The Morgan fingerprint density at radius 2 is 1.53 bits per heavy atom. The third kappa shape index (κ3) is 8.01. The molecule has 0 saturated heterocycles. The summed E-state index contributed by atoms with van der Waals surface area (Å²) in [6, 6.07) is 4.08. The highest BCUT2D eigenvalue weighted by Gasteiger charge is 2.31. The van der Waals surface area contributed by atoms with E-state index in [1.165, 1.54) is 13.8 Å². The first-order chi connectivity index (χ1) is 14.1. The summed E-state index contributed by atoms with van der Waals surface area (Å²) < 4.78 is 0. The van der Waals surface area contributed by atoms with Gasteiger partial charge in [-0.1, -0.05) is 30.3 Å². The fraction of sp³-hybridized carbons (Fsp3) is 0.474. The molecule has 0 spiro atoms. The van der Waals surface area contributed by atoms with Crippen LogP contribution in [0.3, 0.4) is 0 Å². The van der Waals surface area contributed by atoms with E-state index >= 15 is 0 Å². The third-order valence-electron chi connectivity index (χ3n) is 4.19. The normalized spacial score (nSPS) is 15.8. The molecule has 0 heterocycles. The average Bonchev–Trinajstić information content (AvgIpc) is 2.69. The van der Waals surface area contributed by atoms with Crippen LogP contribution in [-0.2, 0) is 25.6 Å². The number of nitrogens with one attached hydrogen (secondary N) is 3. The highest BCUT2D eigenvalue weighted by molar-refractivity contribution is 7.80. The second-order valence-corrected chi connectivity index (χ2v) is 7.21. The van der Waals surface area contributed by atoms with Crippen molar-refractivity contribution in [3.8, 4) is 0 Å². The van der Waals surface area contributed by atoms with Crippen LogP contribution in [0.25, 0.3) is 0 Å². The largest absolute Gasteiger partial charge is 0.480 e. The van der Waals surface area contributed by atoms with Gasteiger partial charge in [0.15, 0.2) is 0 Å². The number of carbonyl (C=O) groups excluding carboxylic acids is 3. The van der Waals surface area contributed by atoms with E-state index in [0.29, 0.717) is 5.56 Å². The van der Waals surface area contributed by atoms with Crippen LogP contribution in [0.1, 0.15) is 19.4 Å². The van der Waals surface area contributed by atoms with Gasteiger partial charge in [-0.25, -0.2) is 4.79 Å². The zero-order valence-electron chi connectivity index (χ0n) is 16.7. The number of nitrogens with two attached hydrogens (primary N) is 1. The average molecular weight is 441 g/mol. The molecule has 1 aromatic rings. The Labute approximate surface area is 180 Å². The van der Waals surface area contributed by atoms with E-state index in [1.807, 2.05) is 0 Å². The van der Waals surface area contributed by atoms with Crippen LogP contribution >= 0.6 is 12.6 Å². The maximum atomic E-state index is 12.5. The van der Waals surface area contributed by atoms with Gasteiger partial charge in [0.25, 0.3) is 0 Å². The van der Waals surface area contributed by atoms with Crippen molar-refractivity contribution in [2.45, 2.75) is 50.5 Å². The molecule has 3 amide bonds. The van der Waals surface area contributed by atoms with Crippen LogP contribution in [0.4, 0.5) is 0 Å². The zero-order chi connectivity index (χ0) is 22.8. The molecule has 0 aliphatic heterocycles. The van der Waals surface area contributed by atoms with Gasteiger partial charge in [0.05, 0.1) is 12.1 Å². The van der Waals surface area contributed by atoms with Crippen LogP contribution in [-0.4, -0.2) is 69.9 Å². The van der Waals surface area contributed by atoms with Crippen molar-refractivity contribution < 1.29 is 29.4 Å². The van der Waals surface area contributed by atoms with E-state index in [1.54, 1.807) is 30.3 Å². The predicted molar refractivity (Wildman–Crippen MR) is 113 cm³/mol. The monoisotopic (exact) mass is 440 g/mol. The number of aliphatic hydroxyl groups excluding tert-OH is 1. The molecule has 5 atom stereocenters. The maximum absolute atomic E-state index is 12.5. The molecule has 0 aliphatic rings. The first-order valence-corrected chi connectivity index (χ1v) is 9.92. The molecule has 166 valence electrons. The van der Waals surface area contributed by atoms with E-state index in [0.717, 1.165) is 0 Å². The molecule has 1 aromatic carbocycles. The standard InChI is InChI=1S/C19H28N4O6S/c1-10(20)16(25)23-15(11(2)24)18(27)22-14(9-30)17(26)21-13(19(28)29)8-12-6-4-3-5-7-12/h3-7,10-11,13-15,24,30H,8-9,20H2,1-2H3,(H,21,26)(H,22,27)(H,23,25)(H,28,29). The van der Waals surface area contributed by atoms with Gasteiger partial charge < -0.3 is 31.9 Å². The Balaban J connectivity index is 2.83. The SMILES string of the molecule is CC(N)C(=O)NC(C(=O)NC(CS)C(=O)NC(Cc1ccccc1)C(=O)O)C(C)O. The lowest BCUT2D eigenvalue weighted by molar-refractivity contribution is -0.142. The quantitative estimate of drug-likeness (QED) is 0.204. The molecule has 1 rings (SSSR count). The molecule has 0 fully saturated rings. The summed E-state index contributed by atoms with van der Waals surface area (Å²) >= 11 is 4.03. The number of carboxylic acid groups (broad SMARTS) is 1. The maximum Gasteiger partial charge on any atom is 0.326 e. The van der Waals surface area contributed by atoms with Gasteiger partial charge in [0, 0.05) is 12.2 Å². The Morgan fingerprint density at radius 3 is 2.00 bits per heavy atom. The molecule has 30 heavy (non-hydrogen) atoms. The second-order valence-electron chi connectivity index (χ2n) is 6.85. The summed E-state index contributed by atoms with van der Waals surface area (Å²) in [5.41, 5.74) is 6.16. The summed E-state index contributed by atoms with van der Waals surface area (Å²) in [7, 11) is 0. The van der Waals surface area contributed by atoms with Gasteiger partial charge in [-0.2, -0.15) is 12.6 Å². The summed E-state index contributed by atoms with van der Waals surface area (Å²) in [4.78, 5) is 48.3. The van der Waals surface area contributed by atoms with Crippen LogP contribution in [0, 0.1) is 0 Å². The van der Waals surface area contributed by atoms with Crippen LogP contribution in [0.15, 0.2) is 30.3 Å². The zero-order valence-corrected chi connectivity index (χ0v) is 17.6. The van der Waals surface area contributed by atoms with Crippen molar-refractivity contribution in [3.05, 3.63) is 35.9 Å². The lowest BCUT2D eigenvalue weighted by atomic mass is 10.1. The fourth-order valence-electron chi connectivity index (χ4n) is 2.47. The van der Waals surface area contributed by atoms with Gasteiger partial charge in [-0.15, -0.1) is 0 Å². The Hall–Kier alpha value is -2.63. The summed E-state index contributed by atoms with van der Waals surface area (Å²) in [6.45, 7) is 2.71. The van der Waals surface area contributed by atoms with E-state index in [9.17, 15) is 29.4 Å². The highest BCUT2D eigenvalue weighted by Crippen LogP contribution is 2.05.